The summed E-state index contributed by atoms with van der Waals surface area (Å²) >= 11 is 0. The third-order valence-electron chi connectivity index (χ3n) is 3.77. The molecule has 0 aromatic heterocycles. The van der Waals surface area contributed by atoms with E-state index in [4.69, 9.17) is 0 Å². The SMILES string of the molecule is CN(C)CCN(Cc1ccc(F)cc1F)C(=O)C=Cc1cccc(F)c1. The molecular weight excluding hydrogens is 341 g/mol. The molecule has 0 aliphatic carbocycles. The first-order chi connectivity index (χ1) is 12.3. The fraction of sp³-hybridized carbons (Fsp3) is 0.250. The molecule has 2 aromatic carbocycles. The molecule has 0 heterocycles. The molecule has 0 unspecified atom stereocenters. The lowest BCUT2D eigenvalue weighted by Gasteiger charge is -2.23. The summed E-state index contributed by atoms with van der Waals surface area (Å²) in [6.07, 6.45) is 2.83. The van der Waals surface area contributed by atoms with Crippen molar-refractivity contribution in [3.63, 3.8) is 0 Å². The highest BCUT2D eigenvalue weighted by atomic mass is 19.1. The monoisotopic (exact) mass is 362 g/mol. The summed E-state index contributed by atoms with van der Waals surface area (Å²) in [5.41, 5.74) is 0.788. The largest absolute Gasteiger partial charge is 0.333 e. The lowest BCUT2D eigenvalue weighted by Crippen LogP contribution is -2.35. The van der Waals surface area contributed by atoms with E-state index < -0.39 is 17.5 Å². The van der Waals surface area contributed by atoms with Gasteiger partial charge in [0.1, 0.15) is 17.5 Å². The van der Waals surface area contributed by atoms with Crippen LogP contribution in [-0.4, -0.2) is 42.9 Å². The molecule has 0 aliphatic heterocycles. The third-order valence-corrected chi connectivity index (χ3v) is 3.77. The quantitative estimate of drug-likeness (QED) is 0.701. The van der Waals surface area contributed by atoms with E-state index in [1.807, 2.05) is 19.0 Å². The Bertz CT molecular complexity index is 790. The Hall–Kier alpha value is -2.60. The minimum atomic E-state index is -0.693. The van der Waals surface area contributed by atoms with E-state index in [-0.39, 0.29) is 18.0 Å². The van der Waals surface area contributed by atoms with Crippen LogP contribution in [0.1, 0.15) is 11.1 Å². The second kappa shape index (κ2) is 9.20. The van der Waals surface area contributed by atoms with Crippen LogP contribution in [0.4, 0.5) is 13.2 Å². The van der Waals surface area contributed by atoms with Crippen LogP contribution in [0.3, 0.4) is 0 Å². The van der Waals surface area contributed by atoms with E-state index >= 15 is 0 Å². The summed E-state index contributed by atoms with van der Waals surface area (Å²) in [4.78, 5) is 15.9. The topological polar surface area (TPSA) is 23.6 Å². The Morgan fingerprint density at radius 3 is 2.38 bits per heavy atom. The first-order valence-electron chi connectivity index (χ1n) is 8.16. The molecular formula is C20H21F3N2O. The lowest BCUT2D eigenvalue weighted by molar-refractivity contribution is -0.126. The maximum Gasteiger partial charge on any atom is 0.246 e. The molecule has 2 rings (SSSR count). The van der Waals surface area contributed by atoms with Crippen molar-refractivity contribution in [3.8, 4) is 0 Å². The van der Waals surface area contributed by atoms with E-state index in [2.05, 4.69) is 0 Å². The second-order valence-corrected chi connectivity index (χ2v) is 6.19. The van der Waals surface area contributed by atoms with Crippen LogP contribution in [0.5, 0.6) is 0 Å². The van der Waals surface area contributed by atoms with Crippen LogP contribution < -0.4 is 0 Å². The van der Waals surface area contributed by atoms with E-state index in [0.29, 0.717) is 18.7 Å². The number of benzene rings is 2. The lowest BCUT2D eigenvalue weighted by atomic mass is 10.1. The van der Waals surface area contributed by atoms with Gasteiger partial charge in [-0.1, -0.05) is 18.2 Å². The van der Waals surface area contributed by atoms with Crippen molar-refractivity contribution >= 4 is 12.0 Å². The fourth-order valence-electron chi connectivity index (χ4n) is 2.33. The molecule has 0 N–H and O–H groups in total. The zero-order valence-corrected chi connectivity index (χ0v) is 14.8. The van der Waals surface area contributed by atoms with Crippen LogP contribution >= 0.6 is 0 Å². The molecule has 26 heavy (non-hydrogen) atoms. The molecule has 1 amide bonds. The molecule has 2 aromatic rings. The van der Waals surface area contributed by atoms with Crippen molar-refractivity contribution in [1.82, 2.24) is 9.80 Å². The zero-order valence-electron chi connectivity index (χ0n) is 14.8. The van der Waals surface area contributed by atoms with Crippen molar-refractivity contribution in [2.75, 3.05) is 27.2 Å². The number of halogens is 3. The summed E-state index contributed by atoms with van der Waals surface area (Å²) < 4.78 is 40.2. The maximum atomic E-state index is 13.9. The standard InChI is InChI=1S/C20H21F3N2O/c1-24(2)10-11-25(14-16-7-8-18(22)13-19(16)23)20(26)9-6-15-4-3-5-17(21)12-15/h3-9,12-13H,10-11,14H2,1-2H3. The number of carbonyl (C=O) groups excluding carboxylic acids is 1. The van der Waals surface area contributed by atoms with Crippen molar-refractivity contribution in [1.29, 1.82) is 0 Å². The van der Waals surface area contributed by atoms with Gasteiger partial charge in [0.05, 0.1) is 0 Å². The normalized spacial score (nSPS) is 11.3. The van der Waals surface area contributed by atoms with E-state index in [9.17, 15) is 18.0 Å². The Morgan fingerprint density at radius 2 is 1.73 bits per heavy atom. The molecule has 0 atom stereocenters. The van der Waals surface area contributed by atoms with Gasteiger partial charge < -0.3 is 9.80 Å². The van der Waals surface area contributed by atoms with Gasteiger partial charge in [-0.3, -0.25) is 4.79 Å². The number of hydrogen-bond donors (Lipinski definition) is 0. The zero-order chi connectivity index (χ0) is 19.1. The number of carbonyl (C=O) groups is 1. The molecule has 0 saturated heterocycles. The van der Waals surface area contributed by atoms with Gasteiger partial charge >= 0.3 is 0 Å². The average Bonchev–Trinajstić information content (AvgIpc) is 2.58. The van der Waals surface area contributed by atoms with Crippen LogP contribution in [0, 0.1) is 17.5 Å². The first-order valence-corrected chi connectivity index (χ1v) is 8.16. The van der Waals surface area contributed by atoms with Gasteiger partial charge in [-0.2, -0.15) is 0 Å². The van der Waals surface area contributed by atoms with Gasteiger partial charge in [0.25, 0.3) is 0 Å². The van der Waals surface area contributed by atoms with Gasteiger partial charge in [-0.05, 0) is 43.9 Å². The number of amides is 1. The van der Waals surface area contributed by atoms with E-state index in [1.165, 1.54) is 35.3 Å². The van der Waals surface area contributed by atoms with Gasteiger partial charge in [0.2, 0.25) is 5.91 Å². The average molecular weight is 362 g/mol. The first kappa shape index (κ1) is 19.7. The van der Waals surface area contributed by atoms with Crippen molar-refractivity contribution in [2.45, 2.75) is 6.54 Å². The van der Waals surface area contributed by atoms with Gasteiger partial charge in [-0.25, -0.2) is 13.2 Å². The Morgan fingerprint density at radius 1 is 1.00 bits per heavy atom. The van der Waals surface area contributed by atoms with Crippen molar-refractivity contribution in [3.05, 3.63) is 77.1 Å². The Labute approximate surface area is 151 Å². The molecule has 138 valence electrons. The van der Waals surface area contributed by atoms with Crippen LogP contribution in [0.25, 0.3) is 6.08 Å². The maximum absolute atomic E-state index is 13.9. The van der Waals surface area contributed by atoms with Gasteiger partial charge in [-0.15, -0.1) is 0 Å². The third kappa shape index (κ3) is 6.04. The van der Waals surface area contributed by atoms with Crippen LogP contribution in [0.2, 0.25) is 0 Å². The van der Waals surface area contributed by atoms with Crippen LogP contribution in [0.15, 0.2) is 48.5 Å². The minimum Gasteiger partial charge on any atom is -0.333 e. The molecule has 0 fully saturated rings. The minimum absolute atomic E-state index is 0.0201. The molecule has 0 aliphatic rings. The smallest absolute Gasteiger partial charge is 0.246 e. The van der Waals surface area contributed by atoms with Gasteiger partial charge in [0.15, 0.2) is 0 Å². The highest BCUT2D eigenvalue weighted by Gasteiger charge is 2.14. The number of likely N-dealkylation sites (N-methyl/N-ethyl adjacent to an activating group) is 1. The summed E-state index contributed by atoms with van der Waals surface area (Å²) in [5.74, 6) is -2.08. The van der Waals surface area contributed by atoms with Crippen molar-refractivity contribution < 1.29 is 18.0 Å². The molecule has 0 radical (unpaired) electrons. The second-order valence-electron chi connectivity index (χ2n) is 6.19. The molecule has 0 spiro atoms. The molecule has 6 heteroatoms. The summed E-state index contributed by atoms with van der Waals surface area (Å²) in [5, 5.41) is 0. The number of nitrogens with zero attached hydrogens (tertiary/aromatic N) is 2. The highest BCUT2D eigenvalue weighted by Crippen LogP contribution is 2.13. The molecule has 0 saturated carbocycles. The van der Waals surface area contributed by atoms with E-state index in [1.54, 1.807) is 12.1 Å². The van der Waals surface area contributed by atoms with Gasteiger partial charge in [0, 0.05) is 37.3 Å². The van der Waals surface area contributed by atoms with Crippen molar-refractivity contribution in [2.24, 2.45) is 0 Å². The Balaban J connectivity index is 2.15. The molecule has 3 nitrogen and oxygen atoms in total. The summed E-state index contributed by atoms with van der Waals surface area (Å²) in [6.45, 7) is 0.977. The molecule has 0 bridgehead atoms. The summed E-state index contributed by atoms with van der Waals surface area (Å²) in [6, 6.07) is 9.15. The number of hydrogen-bond acceptors (Lipinski definition) is 2. The predicted octanol–water partition coefficient (Wildman–Crippen LogP) is 3.71. The summed E-state index contributed by atoms with van der Waals surface area (Å²) in [7, 11) is 3.73. The number of rotatable bonds is 7. The Kier molecular flexibility index (Phi) is 6.97. The van der Waals surface area contributed by atoms with E-state index in [0.717, 1.165) is 12.1 Å². The predicted molar refractivity (Wildman–Crippen MR) is 95.8 cm³/mol. The van der Waals surface area contributed by atoms with Crippen LogP contribution in [-0.2, 0) is 11.3 Å². The highest BCUT2D eigenvalue weighted by molar-refractivity contribution is 5.91. The fourth-order valence-corrected chi connectivity index (χ4v) is 2.33.